The first kappa shape index (κ1) is 17.0. The number of carbonyl (C=O) groups is 1. The first-order valence-electron chi connectivity index (χ1n) is 6.55. The molecule has 6 nitrogen and oxygen atoms in total. The molecule has 0 bridgehead atoms. The number of benzene rings is 1. The van der Waals surface area contributed by atoms with Gasteiger partial charge in [0.15, 0.2) is 0 Å². The van der Waals surface area contributed by atoms with E-state index in [-0.39, 0.29) is 6.54 Å². The number of carbonyl (C=O) groups excluding carboxylic acids is 1. The zero-order valence-electron chi connectivity index (χ0n) is 11.9. The van der Waals surface area contributed by atoms with Gasteiger partial charge < -0.3 is 10.2 Å². The lowest BCUT2D eigenvalue weighted by Crippen LogP contribution is -2.35. The van der Waals surface area contributed by atoms with Gasteiger partial charge in [-0.3, -0.25) is 14.9 Å². The van der Waals surface area contributed by atoms with E-state index in [9.17, 15) is 23.7 Å². The Morgan fingerprint density at radius 2 is 1.95 bits per heavy atom. The number of hydrogen-bond acceptors (Lipinski definition) is 4. The van der Waals surface area contributed by atoms with Gasteiger partial charge in [0.05, 0.1) is 4.92 Å². The lowest BCUT2D eigenvalue weighted by Gasteiger charge is -2.18. The minimum absolute atomic E-state index is 0.197. The molecule has 0 fully saturated rings. The van der Waals surface area contributed by atoms with E-state index >= 15 is 0 Å². The van der Waals surface area contributed by atoms with Crippen molar-refractivity contribution in [1.82, 2.24) is 10.2 Å². The van der Waals surface area contributed by atoms with E-state index in [0.717, 1.165) is 13.1 Å². The highest BCUT2D eigenvalue weighted by atomic mass is 19.1. The second-order valence-electron chi connectivity index (χ2n) is 4.30. The molecule has 1 aromatic rings. The highest BCUT2D eigenvalue weighted by molar-refractivity contribution is 5.95. The van der Waals surface area contributed by atoms with Crippen LogP contribution in [0.25, 0.3) is 0 Å². The summed E-state index contributed by atoms with van der Waals surface area (Å²) >= 11 is 0. The fourth-order valence-corrected chi connectivity index (χ4v) is 1.85. The number of nitro benzene ring substituents is 1. The fourth-order valence-electron chi connectivity index (χ4n) is 1.85. The molecular formula is C13H17F2N3O3. The van der Waals surface area contributed by atoms with Gasteiger partial charge in [0.25, 0.3) is 5.91 Å². The average molecular weight is 301 g/mol. The summed E-state index contributed by atoms with van der Waals surface area (Å²) < 4.78 is 27.3. The Labute approximate surface area is 120 Å². The molecule has 1 rings (SSSR count). The van der Waals surface area contributed by atoms with Gasteiger partial charge in [-0.05, 0) is 19.2 Å². The topological polar surface area (TPSA) is 75.5 Å². The molecule has 21 heavy (non-hydrogen) atoms. The van der Waals surface area contributed by atoms with Crippen LogP contribution < -0.4 is 5.32 Å². The Balaban J connectivity index is 2.83. The molecule has 0 aliphatic rings. The molecule has 0 aromatic heterocycles. The smallest absolute Gasteiger partial charge is 0.305 e. The van der Waals surface area contributed by atoms with Crippen LogP contribution in [0.15, 0.2) is 12.1 Å². The van der Waals surface area contributed by atoms with E-state index < -0.39 is 33.7 Å². The Morgan fingerprint density at radius 3 is 2.48 bits per heavy atom. The molecule has 0 heterocycles. The maximum Gasteiger partial charge on any atom is 0.305 e. The molecule has 0 saturated heterocycles. The molecule has 0 atom stereocenters. The SMILES string of the molecule is CCN(CC)CCNC(=O)c1c(F)ccc([N+](=O)[O-])c1F. The summed E-state index contributed by atoms with van der Waals surface area (Å²) in [5.74, 6) is -3.58. The number of hydrogen-bond donors (Lipinski definition) is 1. The average Bonchev–Trinajstić information content (AvgIpc) is 2.43. The third kappa shape index (κ3) is 4.19. The van der Waals surface area contributed by atoms with Crippen molar-refractivity contribution in [2.24, 2.45) is 0 Å². The van der Waals surface area contributed by atoms with Gasteiger partial charge in [0.1, 0.15) is 11.4 Å². The van der Waals surface area contributed by atoms with Crippen LogP contribution in [0, 0.1) is 21.7 Å². The van der Waals surface area contributed by atoms with Crippen molar-refractivity contribution in [3.05, 3.63) is 39.4 Å². The first-order valence-corrected chi connectivity index (χ1v) is 6.55. The maximum atomic E-state index is 13.8. The van der Waals surface area contributed by atoms with Crippen LogP contribution in [0.2, 0.25) is 0 Å². The van der Waals surface area contributed by atoms with Gasteiger partial charge in [0.2, 0.25) is 5.82 Å². The molecule has 8 heteroatoms. The number of likely N-dealkylation sites (N-methyl/N-ethyl adjacent to an activating group) is 1. The third-order valence-corrected chi connectivity index (χ3v) is 3.10. The van der Waals surface area contributed by atoms with Crippen molar-refractivity contribution in [2.75, 3.05) is 26.2 Å². The molecule has 0 aliphatic heterocycles. The first-order chi connectivity index (χ1) is 9.92. The predicted octanol–water partition coefficient (Wildman–Crippen LogP) is 1.94. The number of nitrogens with one attached hydrogen (secondary N) is 1. The zero-order valence-corrected chi connectivity index (χ0v) is 11.9. The van der Waals surface area contributed by atoms with Gasteiger partial charge >= 0.3 is 5.69 Å². The minimum Gasteiger partial charge on any atom is -0.351 e. The molecule has 0 saturated carbocycles. The van der Waals surface area contributed by atoms with Crippen LogP contribution in [0.1, 0.15) is 24.2 Å². The van der Waals surface area contributed by atoms with Crippen molar-refractivity contribution < 1.29 is 18.5 Å². The summed E-state index contributed by atoms with van der Waals surface area (Å²) in [7, 11) is 0. The van der Waals surface area contributed by atoms with Crippen LogP contribution in [0.3, 0.4) is 0 Å². The summed E-state index contributed by atoms with van der Waals surface area (Å²) in [6.07, 6.45) is 0. The van der Waals surface area contributed by atoms with Crippen molar-refractivity contribution in [1.29, 1.82) is 0 Å². The Bertz CT molecular complexity index is 534. The second-order valence-corrected chi connectivity index (χ2v) is 4.30. The lowest BCUT2D eigenvalue weighted by molar-refractivity contribution is -0.387. The summed E-state index contributed by atoms with van der Waals surface area (Å²) in [6.45, 7) is 6.19. The van der Waals surface area contributed by atoms with Gasteiger partial charge in [0, 0.05) is 19.2 Å². The Morgan fingerprint density at radius 1 is 1.33 bits per heavy atom. The summed E-state index contributed by atoms with van der Waals surface area (Å²) in [5.41, 5.74) is -1.85. The molecular weight excluding hydrogens is 284 g/mol. The molecule has 0 spiro atoms. The zero-order chi connectivity index (χ0) is 16.0. The van der Waals surface area contributed by atoms with Crippen molar-refractivity contribution in [2.45, 2.75) is 13.8 Å². The van der Waals surface area contributed by atoms with Gasteiger partial charge in [-0.1, -0.05) is 13.8 Å². The summed E-state index contributed by atoms with van der Waals surface area (Å²) in [4.78, 5) is 23.4. The van der Waals surface area contributed by atoms with E-state index in [0.29, 0.717) is 18.7 Å². The molecule has 0 radical (unpaired) electrons. The van der Waals surface area contributed by atoms with Gasteiger partial charge in [-0.2, -0.15) is 4.39 Å². The molecule has 1 amide bonds. The van der Waals surface area contributed by atoms with Gasteiger partial charge in [-0.25, -0.2) is 4.39 Å². The Hall–Kier alpha value is -2.09. The second kappa shape index (κ2) is 7.63. The minimum atomic E-state index is -1.46. The molecule has 1 N–H and O–H groups in total. The van der Waals surface area contributed by atoms with Crippen LogP contribution in [-0.2, 0) is 0 Å². The van der Waals surface area contributed by atoms with Crippen LogP contribution in [0.4, 0.5) is 14.5 Å². The third-order valence-electron chi connectivity index (χ3n) is 3.10. The predicted molar refractivity (Wildman–Crippen MR) is 73.1 cm³/mol. The van der Waals surface area contributed by atoms with E-state index in [1.54, 1.807) is 0 Å². The number of rotatable bonds is 7. The normalized spacial score (nSPS) is 10.7. The highest BCUT2D eigenvalue weighted by Crippen LogP contribution is 2.22. The summed E-state index contributed by atoms with van der Waals surface area (Å²) in [6, 6.07) is 1.40. The van der Waals surface area contributed by atoms with Crippen molar-refractivity contribution in [3.63, 3.8) is 0 Å². The summed E-state index contributed by atoms with van der Waals surface area (Å²) in [5, 5.41) is 13.0. The monoisotopic (exact) mass is 301 g/mol. The molecule has 116 valence electrons. The van der Waals surface area contributed by atoms with E-state index in [2.05, 4.69) is 5.32 Å². The Kier molecular flexibility index (Phi) is 6.16. The maximum absolute atomic E-state index is 13.8. The van der Waals surface area contributed by atoms with E-state index in [1.807, 2.05) is 18.7 Å². The lowest BCUT2D eigenvalue weighted by atomic mass is 10.1. The van der Waals surface area contributed by atoms with Gasteiger partial charge in [-0.15, -0.1) is 0 Å². The number of amides is 1. The molecule has 0 aliphatic carbocycles. The number of halogens is 2. The number of nitro groups is 1. The molecule has 1 aromatic carbocycles. The van der Waals surface area contributed by atoms with Crippen LogP contribution in [0.5, 0.6) is 0 Å². The van der Waals surface area contributed by atoms with E-state index in [1.165, 1.54) is 0 Å². The standard InChI is InChI=1S/C13H17F2N3O3/c1-3-17(4-2)8-7-16-13(19)11-9(14)5-6-10(12(11)15)18(20)21/h5-6H,3-4,7-8H2,1-2H3,(H,16,19). The number of nitrogens with zero attached hydrogens (tertiary/aromatic N) is 2. The van der Waals surface area contributed by atoms with E-state index in [4.69, 9.17) is 0 Å². The fraction of sp³-hybridized carbons (Fsp3) is 0.462. The largest absolute Gasteiger partial charge is 0.351 e. The quantitative estimate of drug-likeness (QED) is 0.617. The van der Waals surface area contributed by atoms with Crippen molar-refractivity contribution in [3.8, 4) is 0 Å². The van der Waals surface area contributed by atoms with Crippen molar-refractivity contribution >= 4 is 11.6 Å². The van der Waals surface area contributed by atoms with Crippen LogP contribution in [-0.4, -0.2) is 41.9 Å². The van der Waals surface area contributed by atoms with Crippen LogP contribution >= 0.6 is 0 Å². The molecule has 0 unspecified atom stereocenters. The highest BCUT2D eigenvalue weighted by Gasteiger charge is 2.25.